The van der Waals surface area contributed by atoms with Gasteiger partial charge < -0.3 is 18.9 Å². The summed E-state index contributed by atoms with van der Waals surface area (Å²) in [6.07, 6.45) is 3.37. The van der Waals surface area contributed by atoms with Gasteiger partial charge in [0.05, 0.1) is 39.6 Å². The zero-order chi connectivity index (χ0) is 29.3. The van der Waals surface area contributed by atoms with Crippen LogP contribution in [0.4, 0.5) is 0 Å². The van der Waals surface area contributed by atoms with Crippen LogP contribution in [0.5, 0.6) is 0 Å². The number of rotatable bonds is 18. The Morgan fingerprint density at radius 3 is 1.38 bits per heavy atom. The van der Waals surface area contributed by atoms with Gasteiger partial charge >= 0.3 is 0 Å². The van der Waals surface area contributed by atoms with E-state index in [9.17, 15) is 9.59 Å². The Labute approximate surface area is 261 Å². The summed E-state index contributed by atoms with van der Waals surface area (Å²) in [7, 11) is 0. The van der Waals surface area contributed by atoms with Crippen LogP contribution in [-0.2, 0) is 45.0 Å². The highest BCUT2D eigenvalue weighted by Gasteiger charge is 2.15. The van der Waals surface area contributed by atoms with Crippen LogP contribution in [0, 0.1) is 0 Å². The Morgan fingerprint density at radius 2 is 0.976 bits per heavy atom. The molecule has 5 rings (SSSR count). The lowest BCUT2D eigenvalue weighted by atomic mass is 10.1. The van der Waals surface area contributed by atoms with Gasteiger partial charge in [-0.2, -0.15) is 0 Å². The van der Waals surface area contributed by atoms with E-state index in [4.69, 9.17) is 18.9 Å². The van der Waals surface area contributed by atoms with Gasteiger partial charge in [-0.15, -0.1) is 45.3 Å². The first-order chi connectivity index (χ1) is 20.6. The van der Waals surface area contributed by atoms with Gasteiger partial charge in [0.2, 0.25) is 0 Å². The highest BCUT2D eigenvalue weighted by atomic mass is 32.1. The molecule has 4 aromatic heterocycles. The maximum Gasteiger partial charge on any atom is 0.151 e. The van der Waals surface area contributed by atoms with E-state index in [0.29, 0.717) is 52.9 Å². The van der Waals surface area contributed by atoms with Crippen molar-refractivity contribution >= 4 is 78.1 Å². The summed E-state index contributed by atoms with van der Waals surface area (Å²) < 4.78 is 24.5. The molecule has 0 fully saturated rings. The lowest BCUT2D eigenvalue weighted by Gasteiger charge is -2.02. The molecule has 10 heteroatoms. The number of benzene rings is 1. The Balaban J connectivity index is 1.25. The van der Waals surface area contributed by atoms with Crippen molar-refractivity contribution < 1.29 is 28.5 Å². The summed E-state index contributed by atoms with van der Waals surface area (Å²) in [4.78, 5) is 30.2. The summed E-state index contributed by atoms with van der Waals surface area (Å²) >= 11 is 6.85. The van der Waals surface area contributed by atoms with Crippen molar-refractivity contribution in [3.8, 4) is 0 Å². The number of ether oxygens (including phenoxy) is 4. The molecular weight excluding hydrogens is 609 g/mol. The second-order valence-corrected chi connectivity index (χ2v) is 14.4. The van der Waals surface area contributed by atoms with Crippen LogP contribution in [0.2, 0.25) is 0 Å². The molecule has 0 unspecified atom stereocenters. The van der Waals surface area contributed by atoms with Crippen molar-refractivity contribution in [2.24, 2.45) is 0 Å². The summed E-state index contributed by atoms with van der Waals surface area (Å²) in [5.74, 6) is 0. The molecule has 0 radical (unpaired) electrons. The van der Waals surface area contributed by atoms with Gasteiger partial charge in [-0.25, -0.2) is 0 Å². The van der Waals surface area contributed by atoms with Crippen LogP contribution >= 0.6 is 45.3 Å². The standard InChI is InChI=1S/C32H34O6S4/c1-3-35-5-7-37-19-27-11-23(17-33)31(41-27)15-25-9-21-13-30-22(14-29(21)39-25)10-26(40-30)16-32-24(18-34)12-28(42-32)20-38-8-6-36-4-2/h9-14,17-18H,3-8,15-16,19-20H2,1-2H3. The molecule has 0 aliphatic rings. The van der Waals surface area contributed by atoms with Gasteiger partial charge in [-0.3, -0.25) is 9.59 Å². The third kappa shape index (κ3) is 8.00. The highest BCUT2D eigenvalue weighted by Crippen LogP contribution is 2.37. The van der Waals surface area contributed by atoms with E-state index in [1.54, 1.807) is 45.3 Å². The van der Waals surface area contributed by atoms with Crippen LogP contribution in [0.3, 0.4) is 0 Å². The molecule has 0 aliphatic carbocycles. The zero-order valence-corrected chi connectivity index (χ0v) is 27.0. The van der Waals surface area contributed by atoms with Crippen molar-refractivity contribution in [2.45, 2.75) is 39.9 Å². The molecule has 4 heterocycles. The molecule has 222 valence electrons. The molecule has 42 heavy (non-hydrogen) atoms. The third-order valence-corrected chi connectivity index (χ3v) is 11.1. The Kier molecular flexibility index (Phi) is 11.5. The van der Waals surface area contributed by atoms with Gasteiger partial charge in [0.25, 0.3) is 0 Å². The van der Waals surface area contributed by atoms with Gasteiger partial charge in [0.1, 0.15) is 0 Å². The van der Waals surface area contributed by atoms with Gasteiger partial charge in [-0.05, 0) is 61.0 Å². The number of carbonyl (C=O) groups is 2. The molecule has 0 N–H and O–H groups in total. The van der Waals surface area contributed by atoms with E-state index in [1.165, 1.54) is 29.9 Å². The smallest absolute Gasteiger partial charge is 0.151 e. The van der Waals surface area contributed by atoms with Gasteiger partial charge in [0.15, 0.2) is 12.6 Å². The fourth-order valence-corrected chi connectivity index (χ4v) is 9.25. The molecular formula is C32H34O6S4. The highest BCUT2D eigenvalue weighted by molar-refractivity contribution is 7.21. The molecule has 0 aliphatic heterocycles. The average Bonchev–Trinajstić information content (AvgIpc) is 3.76. The summed E-state index contributed by atoms with van der Waals surface area (Å²) in [6.45, 7) is 8.53. The minimum Gasteiger partial charge on any atom is -0.379 e. The Bertz CT molecular complexity index is 1460. The summed E-state index contributed by atoms with van der Waals surface area (Å²) in [6, 6.07) is 12.9. The molecule has 0 saturated heterocycles. The first-order valence-electron chi connectivity index (χ1n) is 14.0. The Hall–Kier alpha value is -2.28. The van der Waals surface area contributed by atoms with Crippen molar-refractivity contribution in [1.82, 2.24) is 0 Å². The predicted octanol–water partition coefficient (Wildman–Crippen LogP) is 8.15. The molecule has 0 spiro atoms. The maximum atomic E-state index is 11.7. The fraction of sp³-hybridized carbons (Fsp3) is 0.375. The number of hydrogen-bond acceptors (Lipinski definition) is 10. The van der Waals surface area contributed by atoms with Crippen molar-refractivity contribution in [2.75, 3.05) is 39.6 Å². The number of thiophene rings is 4. The van der Waals surface area contributed by atoms with E-state index < -0.39 is 0 Å². The largest absolute Gasteiger partial charge is 0.379 e. The fourth-order valence-electron chi connectivity index (χ4n) is 4.66. The van der Waals surface area contributed by atoms with Crippen LogP contribution in [-0.4, -0.2) is 52.2 Å². The topological polar surface area (TPSA) is 71.1 Å². The van der Waals surface area contributed by atoms with Crippen LogP contribution in [0.25, 0.3) is 20.2 Å². The number of carbonyl (C=O) groups excluding carboxylic acids is 2. The van der Waals surface area contributed by atoms with E-state index in [2.05, 4.69) is 24.3 Å². The number of fused-ring (bicyclic) bond motifs is 2. The summed E-state index contributed by atoms with van der Waals surface area (Å²) in [5.41, 5.74) is 1.49. The molecule has 0 bridgehead atoms. The van der Waals surface area contributed by atoms with Crippen molar-refractivity contribution in [3.05, 3.63) is 76.8 Å². The molecule has 0 saturated carbocycles. The molecule has 6 nitrogen and oxygen atoms in total. The number of aldehydes is 2. The van der Waals surface area contributed by atoms with Crippen LogP contribution in [0.15, 0.2) is 36.4 Å². The first-order valence-corrected chi connectivity index (χ1v) is 17.3. The lowest BCUT2D eigenvalue weighted by molar-refractivity contribution is 0.0462. The zero-order valence-electron chi connectivity index (χ0n) is 23.8. The SMILES string of the molecule is CCOCCOCc1cc(C=O)c(Cc2cc3cc4sc(Cc5sc(COCCOCC)cc5C=O)cc4cc3s2)s1. The minimum atomic E-state index is 0.493. The normalized spacial score (nSPS) is 11.7. The number of hydrogen-bond donors (Lipinski definition) is 0. The van der Waals surface area contributed by atoms with E-state index in [1.807, 2.05) is 26.0 Å². The monoisotopic (exact) mass is 642 g/mol. The molecule has 1 aromatic carbocycles. The average molecular weight is 643 g/mol. The quantitative estimate of drug-likeness (QED) is 0.0710. The van der Waals surface area contributed by atoms with Gasteiger partial charge in [-0.1, -0.05) is 0 Å². The molecule has 0 atom stereocenters. The Morgan fingerprint density at radius 1 is 0.548 bits per heavy atom. The molecule has 0 amide bonds. The van der Waals surface area contributed by atoms with E-state index >= 15 is 0 Å². The first kappa shape index (κ1) is 31.2. The van der Waals surface area contributed by atoms with Crippen molar-refractivity contribution in [3.63, 3.8) is 0 Å². The minimum absolute atomic E-state index is 0.493. The van der Waals surface area contributed by atoms with Crippen LogP contribution in [0.1, 0.15) is 63.8 Å². The summed E-state index contributed by atoms with van der Waals surface area (Å²) in [5, 5.41) is 2.44. The van der Waals surface area contributed by atoms with Gasteiger partial charge in [0, 0.05) is 75.8 Å². The predicted molar refractivity (Wildman–Crippen MR) is 175 cm³/mol. The second-order valence-electron chi connectivity index (χ2n) is 9.62. The second kappa shape index (κ2) is 15.4. The molecule has 5 aromatic rings. The maximum absolute atomic E-state index is 11.7. The van der Waals surface area contributed by atoms with E-state index in [0.717, 1.165) is 56.0 Å². The van der Waals surface area contributed by atoms with E-state index in [-0.39, 0.29) is 0 Å². The van der Waals surface area contributed by atoms with Crippen molar-refractivity contribution in [1.29, 1.82) is 0 Å². The lowest BCUT2D eigenvalue weighted by Crippen LogP contribution is -2.03. The van der Waals surface area contributed by atoms with Crippen LogP contribution < -0.4 is 0 Å². The third-order valence-electron chi connectivity index (χ3n) is 6.61.